The summed E-state index contributed by atoms with van der Waals surface area (Å²) in [6.45, 7) is 6.05. The number of methoxy groups -OCH3 is 1. The van der Waals surface area contributed by atoms with E-state index in [1.54, 1.807) is 0 Å². The van der Waals surface area contributed by atoms with Crippen molar-refractivity contribution in [2.24, 2.45) is 0 Å². The largest absolute Gasteiger partial charge is 0.467 e. The first-order valence-electron chi connectivity index (χ1n) is 7.00. The van der Waals surface area contributed by atoms with Gasteiger partial charge < -0.3 is 10.1 Å². The molecule has 21 heavy (non-hydrogen) atoms. The van der Waals surface area contributed by atoms with Gasteiger partial charge in [0.05, 0.1) is 7.11 Å². The summed E-state index contributed by atoms with van der Waals surface area (Å²) >= 11 is 0. The van der Waals surface area contributed by atoms with Crippen molar-refractivity contribution in [1.29, 1.82) is 0 Å². The van der Waals surface area contributed by atoms with Crippen LogP contribution in [0.25, 0.3) is 0 Å². The summed E-state index contributed by atoms with van der Waals surface area (Å²) in [6.07, 6.45) is 0. The Balaban J connectivity index is 2.42. The molecule has 0 aromatic heterocycles. The van der Waals surface area contributed by atoms with Gasteiger partial charge in [-0.1, -0.05) is 30.3 Å². The molecule has 1 N–H and O–H groups in total. The molecule has 110 valence electrons. The molecular weight excluding hydrogens is 262 g/mol. The van der Waals surface area contributed by atoms with E-state index < -0.39 is 6.04 Å². The summed E-state index contributed by atoms with van der Waals surface area (Å²) in [5, 5.41) is 3.29. The monoisotopic (exact) mass is 283 g/mol. The molecule has 0 spiro atoms. The second kappa shape index (κ2) is 6.44. The lowest BCUT2D eigenvalue weighted by atomic mass is 9.96. The van der Waals surface area contributed by atoms with E-state index >= 15 is 0 Å². The topological polar surface area (TPSA) is 38.3 Å². The number of hydrogen-bond acceptors (Lipinski definition) is 3. The molecule has 0 heterocycles. The van der Waals surface area contributed by atoms with E-state index in [9.17, 15) is 4.79 Å². The standard InChI is InChI=1S/C18H21NO2/c1-12-7-5-10-15(11-12)19-17(18(20)21-4)16-13(2)8-6-9-14(16)3/h5-11,17,19H,1-4H3. The lowest BCUT2D eigenvalue weighted by Crippen LogP contribution is -2.24. The minimum atomic E-state index is -0.502. The Morgan fingerprint density at radius 1 is 1.05 bits per heavy atom. The van der Waals surface area contributed by atoms with Crippen molar-refractivity contribution in [2.75, 3.05) is 12.4 Å². The smallest absolute Gasteiger partial charge is 0.333 e. The number of nitrogens with one attached hydrogen (secondary N) is 1. The average Bonchev–Trinajstić information content (AvgIpc) is 2.45. The van der Waals surface area contributed by atoms with Crippen LogP contribution in [0.4, 0.5) is 5.69 Å². The summed E-state index contributed by atoms with van der Waals surface area (Å²) in [5.74, 6) is -0.283. The van der Waals surface area contributed by atoms with Crippen molar-refractivity contribution in [1.82, 2.24) is 0 Å². The fraction of sp³-hybridized carbons (Fsp3) is 0.278. The van der Waals surface area contributed by atoms with Crippen LogP contribution < -0.4 is 5.32 Å². The van der Waals surface area contributed by atoms with Gasteiger partial charge in [-0.3, -0.25) is 0 Å². The fourth-order valence-corrected chi connectivity index (χ4v) is 2.55. The minimum absolute atomic E-state index is 0.283. The number of carbonyl (C=O) groups excluding carboxylic acids is 1. The number of benzene rings is 2. The fourth-order valence-electron chi connectivity index (χ4n) is 2.55. The number of ether oxygens (including phenoxy) is 1. The molecule has 0 bridgehead atoms. The van der Waals surface area contributed by atoms with Crippen LogP contribution in [0.5, 0.6) is 0 Å². The Morgan fingerprint density at radius 3 is 2.24 bits per heavy atom. The van der Waals surface area contributed by atoms with Crippen molar-refractivity contribution in [3.05, 3.63) is 64.7 Å². The molecule has 2 aromatic carbocycles. The Kier molecular flexibility index (Phi) is 4.63. The molecule has 0 radical (unpaired) electrons. The third-order valence-electron chi connectivity index (χ3n) is 3.60. The predicted octanol–water partition coefficient (Wildman–Crippen LogP) is 3.94. The molecule has 1 unspecified atom stereocenters. The first-order valence-corrected chi connectivity index (χ1v) is 7.00. The van der Waals surface area contributed by atoms with Crippen molar-refractivity contribution in [2.45, 2.75) is 26.8 Å². The maximum absolute atomic E-state index is 12.2. The normalized spacial score (nSPS) is 11.8. The Hall–Kier alpha value is -2.29. The Morgan fingerprint density at radius 2 is 1.67 bits per heavy atom. The number of rotatable bonds is 4. The van der Waals surface area contributed by atoms with Crippen LogP contribution in [0, 0.1) is 20.8 Å². The van der Waals surface area contributed by atoms with Crippen LogP contribution in [0.2, 0.25) is 0 Å². The minimum Gasteiger partial charge on any atom is -0.467 e. The van der Waals surface area contributed by atoms with Gasteiger partial charge in [0.15, 0.2) is 6.04 Å². The molecule has 0 saturated heterocycles. The van der Waals surface area contributed by atoms with Gasteiger partial charge in [-0.15, -0.1) is 0 Å². The Bertz CT molecular complexity index is 629. The molecular formula is C18H21NO2. The van der Waals surface area contributed by atoms with Crippen molar-refractivity contribution >= 4 is 11.7 Å². The van der Waals surface area contributed by atoms with Gasteiger partial charge in [0.2, 0.25) is 0 Å². The summed E-state index contributed by atoms with van der Waals surface area (Å²) in [4.78, 5) is 12.2. The van der Waals surface area contributed by atoms with Crippen molar-refractivity contribution in [3.63, 3.8) is 0 Å². The van der Waals surface area contributed by atoms with E-state index in [2.05, 4.69) is 5.32 Å². The summed E-state index contributed by atoms with van der Waals surface area (Å²) < 4.78 is 4.98. The van der Waals surface area contributed by atoms with E-state index in [1.807, 2.05) is 63.2 Å². The highest BCUT2D eigenvalue weighted by Gasteiger charge is 2.24. The van der Waals surface area contributed by atoms with Crippen LogP contribution in [-0.4, -0.2) is 13.1 Å². The van der Waals surface area contributed by atoms with E-state index in [1.165, 1.54) is 7.11 Å². The van der Waals surface area contributed by atoms with Crippen LogP contribution in [0.1, 0.15) is 28.3 Å². The summed E-state index contributed by atoms with van der Waals surface area (Å²) in [6, 6.07) is 13.5. The average molecular weight is 283 g/mol. The number of aryl methyl sites for hydroxylation is 3. The summed E-state index contributed by atoms with van der Waals surface area (Å²) in [7, 11) is 1.42. The van der Waals surface area contributed by atoms with E-state index in [4.69, 9.17) is 4.74 Å². The first-order chi connectivity index (χ1) is 10.0. The molecule has 2 rings (SSSR count). The van der Waals surface area contributed by atoms with Gasteiger partial charge >= 0.3 is 5.97 Å². The first kappa shape index (κ1) is 15.1. The van der Waals surface area contributed by atoms with Gasteiger partial charge in [-0.05, 0) is 55.2 Å². The SMILES string of the molecule is COC(=O)C(Nc1cccc(C)c1)c1c(C)cccc1C. The van der Waals surface area contributed by atoms with Gasteiger partial charge in [0.25, 0.3) is 0 Å². The number of esters is 1. The van der Waals surface area contributed by atoms with Crippen LogP contribution in [0.3, 0.4) is 0 Å². The van der Waals surface area contributed by atoms with E-state index in [0.717, 1.165) is 27.9 Å². The Labute approximate surface area is 126 Å². The molecule has 0 aliphatic carbocycles. The number of carbonyl (C=O) groups is 1. The maximum atomic E-state index is 12.2. The van der Waals surface area contributed by atoms with Crippen molar-refractivity contribution in [3.8, 4) is 0 Å². The molecule has 0 aliphatic heterocycles. The van der Waals surface area contributed by atoms with E-state index in [-0.39, 0.29) is 5.97 Å². The number of anilines is 1. The maximum Gasteiger partial charge on any atom is 0.333 e. The van der Waals surface area contributed by atoms with Crippen molar-refractivity contribution < 1.29 is 9.53 Å². The third-order valence-corrected chi connectivity index (χ3v) is 3.60. The zero-order valence-corrected chi connectivity index (χ0v) is 12.9. The quantitative estimate of drug-likeness (QED) is 0.864. The highest BCUT2D eigenvalue weighted by atomic mass is 16.5. The molecule has 3 heteroatoms. The number of hydrogen-bond donors (Lipinski definition) is 1. The van der Waals surface area contributed by atoms with Gasteiger partial charge in [0.1, 0.15) is 0 Å². The third kappa shape index (κ3) is 3.43. The predicted molar refractivity (Wildman–Crippen MR) is 85.5 cm³/mol. The van der Waals surface area contributed by atoms with Gasteiger partial charge in [0, 0.05) is 5.69 Å². The second-order valence-corrected chi connectivity index (χ2v) is 5.28. The van der Waals surface area contributed by atoms with Gasteiger partial charge in [-0.2, -0.15) is 0 Å². The molecule has 1 atom stereocenters. The summed E-state index contributed by atoms with van der Waals surface area (Å²) in [5.41, 5.74) is 5.18. The van der Waals surface area contributed by atoms with Crippen LogP contribution >= 0.6 is 0 Å². The lowest BCUT2D eigenvalue weighted by molar-refractivity contribution is -0.141. The molecule has 3 nitrogen and oxygen atoms in total. The molecule has 0 amide bonds. The zero-order valence-electron chi connectivity index (χ0n) is 12.9. The molecule has 0 saturated carbocycles. The zero-order chi connectivity index (χ0) is 15.4. The second-order valence-electron chi connectivity index (χ2n) is 5.28. The van der Waals surface area contributed by atoms with E-state index in [0.29, 0.717) is 0 Å². The van der Waals surface area contributed by atoms with Crippen LogP contribution in [0.15, 0.2) is 42.5 Å². The highest BCUT2D eigenvalue weighted by molar-refractivity contribution is 5.82. The molecule has 0 aliphatic rings. The van der Waals surface area contributed by atoms with Gasteiger partial charge in [-0.25, -0.2) is 4.79 Å². The molecule has 2 aromatic rings. The highest BCUT2D eigenvalue weighted by Crippen LogP contribution is 2.27. The lowest BCUT2D eigenvalue weighted by Gasteiger charge is -2.22. The van der Waals surface area contributed by atoms with Crippen LogP contribution in [-0.2, 0) is 9.53 Å². The molecule has 0 fully saturated rings.